The van der Waals surface area contributed by atoms with Crippen molar-refractivity contribution in [3.05, 3.63) is 29.3 Å². The topological polar surface area (TPSA) is 83.7 Å². The van der Waals surface area contributed by atoms with Gasteiger partial charge in [-0.2, -0.15) is 0 Å². The SMILES string of the molecule is NC12CCCN1CCN(C(=O)CC1([C@H]3CCC[C@@H](C4CC4)I3S(=O)(=O)c3ccc(Cl)cc3)CC1)C2. The molecule has 1 amide bonds. The van der Waals surface area contributed by atoms with E-state index >= 15 is 0 Å². The first-order valence-electron chi connectivity index (χ1n) is 13.2. The number of nitrogens with zero attached hydrogens (tertiary/aromatic N) is 2. The molecule has 3 atom stereocenters. The second kappa shape index (κ2) is 9.10. The second-order valence-electron chi connectivity index (χ2n) is 11.5. The number of nitrogens with two attached hydrogens (primary N) is 1. The summed E-state index contributed by atoms with van der Waals surface area (Å²) < 4.78 is 28.9. The first-order valence-corrected chi connectivity index (χ1v) is 20.1. The minimum absolute atomic E-state index is 0.108. The molecule has 3 saturated heterocycles. The summed E-state index contributed by atoms with van der Waals surface area (Å²) in [6.07, 6.45) is 10.0. The van der Waals surface area contributed by atoms with Crippen LogP contribution in [0, 0.1) is 11.3 Å². The van der Waals surface area contributed by atoms with Crippen molar-refractivity contribution in [2.24, 2.45) is 17.1 Å². The number of amides is 1. The van der Waals surface area contributed by atoms with Crippen LogP contribution in [0.4, 0.5) is 0 Å². The fraction of sp³-hybridized carbons (Fsp3) is 0.731. The number of fused-ring (bicyclic) bond motifs is 1. The van der Waals surface area contributed by atoms with Crippen LogP contribution >= 0.6 is 30.0 Å². The molecule has 1 aromatic rings. The molecule has 1 unspecified atom stereocenters. The van der Waals surface area contributed by atoms with Crippen LogP contribution in [0.25, 0.3) is 0 Å². The van der Waals surface area contributed by atoms with E-state index in [-0.39, 0.29) is 20.9 Å². The number of hydrogen-bond donors (Lipinski definition) is 1. The maximum absolute atomic E-state index is 14.2. The third-order valence-electron chi connectivity index (χ3n) is 9.12. The molecular weight excluding hydrogens is 597 g/mol. The number of halogens is 2. The van der Waals surface area contributed by atoms with Gasteiger partial charge in [-0.15, -0.1) is 0 Å². The van der Waals surface area contributed by atoms with Crippen molar-refractivity contribution in [1.82, 2.24) is 9.80 Å². The monoisotopic (exact) mass is 633 g/mol. The summed E-state index contributed by atoms with van der Waals surface area (Å²) in [4.78, 5) is 18.4. The van der Waals surface area contributed by atoms with Gasteiger partial charge in [0.25, 0.3) is 0 Å². The van der Waals surface area contributed by atoms with E-state index in [0.29, 0.717) is 32.7 Å². The first kappa shape index (κ1) is 24.9. The van der Waals surface area contributed by atoms with Crippen molar-refractivity contribution in [1.29, 1.82) is 0 Å². The predicted molar refractivity (Wildman–Crippen MR) is 147 cm³/mol. The van der Waals surface area contributed by atoms with Crippen molar-refractivity contribution in [3.63, 3.8) is 0 Å². The van der Waals surface area contributed by atoms with E-state index in [4.69, 9.17) is 17.3 Å². The molecule has 2 N–H and O–H groups in total. The zero-order chi connectivity index (χ0) is 24.4. The fourth-order valence-corrected chi connectivity index (χ4v) is 26.4. The Labute approximate surface area is 220 Å². The van der Waals surface area contributed by atoms with Crippen molar-refractivity contribution in [2.45, 2.75) is 82.6 Å². The molecule has 194 valence electrons. The third-order valence-corrected chi connectivity index (χ3v) is 25.8. The molecule has 6 rings (SSSR count). The van der Waals surface area contributed by atoms with E-state index in [0.717, 1.165) is 64.6 Å². The average molecular weight is 634 g/mol. The Morgan fingerprint density at radius 2 is 1.77 bits per heavy atom. The molecule has 2 aliphatic carbocycles. The molecule has 0 spiro atoms. The fourth-order valence-electron chi connectivity index (χ4n) is 6.81. The van der Waals surface area contributed by atoms with Gasteiger partial charge in [-0.25, -0.2) is 0 Å². The van der Waals surface area contributed by atoms with Crippen molar-refractivity contribution in [2.75, 3.05) is 26.2 Å². The standard InChI is InChI=1S/C26H37ClIN3O3S/c27-20-7-9-21(10-8-20)35(33,34)28-22(19-5-6-19)3-1-4-23(28)25(12-13-25)17-24(32)30-15-16-31-14-2-11-26(31,29)18-30/h7-10,19,22-23H,1-6,11-18,29H2/t22-,23+,26?/m0/s1. The van der Waals surface area contributed by atoms with E-state index in [1.165, 1.54) is 12.8 Å². The van der Waals surface area contributed by atoms with Gasteiger partial charge >= 0.3 is 221 Å². The Bertz CT molecular complexity index is 1090. The van der Waals surface area contributed by atoms with Crippen molar-refractivity contribution >= 4 is 43.0 Å². The Kier molecular flexibility index (Phi) is 6.47. The molecule has 6 nitrogen and oxygen atoms in total. The number of rotatable bonds is 6. The summed E-state index contributed by atoms with van der Waals surface area (Å²) in [5, 5.41) is 0.566. The normalized spacial score (nSPS) is 34.0. The quantitative estimate of drug-likeness (QED) is 0.281. The number of alkyl halides is 2. The Morgan fingerprint density at radius 1 is 1.03 bits per heavy atom. The maximum atomic E-state index is 14.2. The van der Waals surface area contributed by atoms with Gasteiger partial charge in [0.1, 0.15) is 0 Å². The molecule has 1 aromatic carbocycles. The number of piperazine rings is 1. The molecule has 0 bridgehead atoms. The molecular formula is C26H37ClIN3O3S. The van der Waals surface area contributed by atoms with Gasteiger partial charge in [-0.05, 0) is 0 Å². The van der Waals surface area contributed by atoms with E-state index in [9.17, 15) is 13.2 Å². The summed E-state index contributed by atoms with van der Waals surface area (Å²) >= 11 is 3.57. The van der Waals surface area contributed by atoms with Crippen molar-refractivity contribution < 1.29 is 13.2 Å². The average Bonchev–Trinajstić information content (AvgIpc) is 3.76. The van der Waals surface area contributed by atoms with E-state index in [1.807, 2.05) is 4.90 Å². The van der Waals surface area contributed by atoms with Crippen LogP contribution in [-0.2, 0) is 11.8 Å². The molecule has 3 heterocycles. The van der Waals surface area contributed by atoms with Gasteiger partial charge in [0, 0.05) is 0 Å². The summed E-state index contributed by atoms with van der Waals surface area (Å²) in [5.41, 5.74) is 6.20. The van der Waals surface area contributed by atoms with E-state index < -0.39 is 25.4 Å². The Balaban J connectivity index is 1.26. The third kappa shape index (κ3) is 4.57. The van der Waals surface area contributed by atoms with Gasteiger partial charge in [0.15, 0.2) is 0 Å². The molecule has 5 aliphatic rings. The van der Waals surface area contributed by atoms with Crippen LogP contribution in [0.5, 0.6) is 0 Å². The van der Waals surface area contributed by atoms with Gasteiger partial charge in [-0.1, -0.05) is 0 Å². The summed E-state index contributed by atoms with van der Waals surface area (Å²) in [6, 6.07) is 6.82. The number of benzene rings is 1. The van der Waals surface area contributed by atoms with Crippen LogP contribution in [-0.4, -0.2) is 63.8 Å². The minimum atomic E-state index is -3.36. The second-order valence-corrected chi connectivity index (χ2v) is 24.0. The molecule has 0 radical (unpaired) electrons. The number of carbonyl (C=O) groups excluding carboxylic acids is 1. The molecule has 5 fully saturated rings. The number of hydrogen-bond acceptors (Lipinski definition) is 5. The molecule has 3 aliphatic heterocycles. The predicted octanol–water partition coefficient (Wildman–Crippen LogP) is 4.63. The van der Waals surface area contributed by atoms with Gasteiger partial charge in [0.2, 0.25) is 0 Å². The van der Waals surface area contributed by atoms with Crippen LogP contribution in [0.2, 0.25) is 5.02 Å². The van der Waals surface area contributed by atoms with Crippen LogP contribution in [0.3, 0.4) is 0 Å². The van der Waals surface area contributed by atoms with Gasteiger partial charge < -0.3 is 0 Å². The van der Waals surface area contributed by atoms with Gasteiger partial charge in [-0.3, -0.25) is 0 Å². The Hall–Kier alpha value is -0.420. The first-order chi connectivity index (χ1) is 16.7. The molecule has 35 heavy (non-hydrogen) atoms. The van der Waals surface area contributed by atoms with Crippen LogP contribution in [0.15, 0.2) is 29.2 Å². The van der Waals surface area contributed by atoms with Crippen LogP contribution < -0.4 is 5.73 Å². The molecule has 9 heteroatoms. The summed E-state index contributed by atoms with van der Waals surface area (Å²) in [7, 11) is -3.36. The van der Waals surface area contributed by atoms with Crippen molar-refractivity contribution in [3.8, 4) is 0 Å². The summed E-state index contributed by atoms with van der Waals surface area (Å²) in [5.74, 6) is 0.788. The number of carbonyl (C=O) groups is 1. The zero-order valence-electron chi connectivity index (χ0n) is 20.3. The van der Waals surface area contributed by atoms with Crippen LogP contribution in [0.1, 0.15) is 64.2 Å². The van der Waals surface area contributed by atoms with E-state index in [2.05, 4.69) is 4.90 Å². The molecule has 2 saturated carbocycles. The summed E-state index contributed by atoms with van der Waals surface area (Å²) in [6.45, 7) is 3.24. The zero-order valence-corrected chi connectivity index (χ0v) is 24.0. The van der Waals surface area contributed by atoms with Gasteiger partial charge in [0.05, 0.1) is 0 Å². The Morgan fingerprint density at radius 3 is 2.46 bits per heavy atom. The van der Waals surface area contributed by atoms with E-state index in [1.54, 1.807) is 24.3 Å². The molecule has 0 aromatic heterocycles.